The molecule has 1 aromatic carbocycles. The predicted molar refractivity (Wildman–Crippen MR) is 101 cm³/mol. The van der Waals surface area contributed by atoms with Gasteiger partial charge in [0.15, 0.2) is 5.69 Å². The van der Waals surface area contributed by atoms with E-state index in [9.17, 15) is 14.7 Å². The lowest BCUT2D eigenvalue weighted by atomic mass is 10.0. The fraction of sp³-hybridized carbons (Fsp3) is 0.200. The molecule has 4 rings (SSSR count). The second-order valence-corrected chi connectivity index (χ2v) is 6.65. The smallest absolute Gasteiger partial charge is 0.269 e. The van der Waals surface area contributed by atoms with Crippen LogP contribution in [0.25, 0.3) is 16.6 Å². The molecule has 2 aromatic heterocycles. The van der Waals surface area contributed by atoms with E-state index in [0.717, 1.165) is 0 Å². The third-order valence-corrected chi connectivity index (χ3v) is 4.73. The van der Waals surface area contributed by atoms with Crippen LogP contribution in [-0.2, 0) is 4.79 Å². The molecule has 3 heterocycles. The van der Waals surface area contributed by atoms with E-state index in [1.54, 1.807) is 48.4 Å². The van der Waals surface area contributed by atoms with Crippen molar-refractivity contribution >= 4 is 22.7 Å². The number of nitrogens with two attached hydrogens (primary N) is 1. The first-order chi connectivity index (χ1) is 13.4. The zero-order valence-corrected chi connectivity index (χ0v) is 15.1. The quantitative estimate of drug-likeness (QED) is 0.632. The lowest BCUT2D eigenvalue weighted by Crippen LogP contribution is -2.37. The number of pyridine rings is 1. The Morgan fingerprint density at radius 2 is 2.18 bits per heavy atom. The van der Waals surface area contributed by atoms with Crippen LogP contribution in [0.3, 0.4) is 0 Å². The van der Waals surface area contributed by atoms with Crippen LogP contribution in [0.4, 0.5) is 0 Å². The van der Waals surface area contributed by atoms with Crippen molar-refractivity contribution in [2.45, 2.75) is 12.0 Å². The van der Waals surface area contributed by atoms with E-state index >= 15 is 0 Å². The summed E-state index contributed by atoms with van der Waals surface area (Å²) in [5, 5.41) is 15.3. The second kappa shape index (κ2) is 6.48. The van der Waals surface area contributed by atoms with E-state index in [4.69, 9.17) is 5.73 Å². The SMILES string of the molecule is CN1CC[C@@](O)(C#Cc2cccc(-n3nc(C(N)=O)c4cnccc43)c2)C1=O. The van der Waals surface area contributed by atoms with Gasteiger partial charge < -0.3 is 15.7 Å². The summed E-state index contributed by atoms with van der Waals surface area (Å²) in [6, 6.07) is 8.86. The van der Waals surface area contributed by atoms with Gasteiger partial charge in [0, 0.05) is 38.0 Å². The molecule has 28 heavy (non-hydrogen) atoms. The summed E-state index contributed by atoms with van der Waals surface area (Å²) in [6.45, 7) is 0.466. The van der Waals surface area contributed by atoms with Gasteiger partial charge in [-0.15, -0.1) is 0 Å². The Hall–Kier alpha value is -3.70. The highest BCUT2D eigenvalue weighted by Gasteiger charge is 2.42. The van der Waals surface area contributed by atoms with Crippen molar-refractivity contribution in [3.63, 3.8) is 0 Å². The highest BCUT2D eigenvalue weighted by Crippen LogP contribution is 2.23. The van der Waals surface area contributed by atoms with Crippen LogP contribution in [-0.4, -0.2) is 55.8 Å². The van der Waals surface area contributed by atoms with Crippen LogP contribution < -0.4 is 5.73 Å². The molecule has 1 aliphatic heterocycles. The van der Waals surface area contributed by atoms with Crippen LogP contribution >= 0.6 is 0 Å². The van der Waals surface area contributed by atoms with Crippen LogP contribution in [0.2, 0.25) is 0 Å². The molecule has 1 aliphatic rings. The molecule has 1 saturated heterocycles. The minimum absolute atomic E-state index is 0.133. The lowest BCUT2D eigenvalue weighted by Gasteiger charge is -2.13. The van der Waals surface area contributed by atoms with Gasteiger partial charge in [0.25, 0.3) is 11.8 Å². The molecule has 0 unspecified atom stereocenters. The van der Waals surface area contributed by atoms with Gasteiger partial charge in [0.2, 0.25) is 5.60 Å². The van der Waals surface area contributed by atoms with Crippen LogP contribution in [0, 0.1) is 11.8 Å². The minimum Gasteiger partial charge on any atom is -0.369 e. The number of fused-ring (bicyclic) bond motifs is 1. The first-order valence-electron chi connectivity index (χ1n) is 8.63. The fourth-order valence-electron chi connectivity index (χ4n) is 3.20. The van der Waals surface area contributed by atoms with Gasteiger partial charge in [-0.2, -0.15) is 5.10 Å². The van der Waals surface area contributed by atoms with Gasteiger partial charge in [-0.3, -0.25) is 14.6 Å². The number of likely N-dealkylation sites (tertiary alicyclic amines) is 1. The molecule has 3 aromatic rings. The molecule has 3 N–H and O–H groups in total. The van der Waals surface area contributed by atoms with Crippen molar-refractivity contribution < 1.29 is 14.7 Å². The minimum atomic E-state index is -1.66. The second-order valence-electron chi connectivity index (χ2n) is 6.65. The topological polar surface area (TPSA) is 114 Å². The monoisotopic (exact) mass is 375 g/mol. The number of carbonyl (C=O) groups excluding carboxylic acids is 2. The molecule has 8 heteroatoms. The van der Waals surface area contributed by atoms with Gasteiger partial charge in [-0.05, 0) is 24.3 Å². The molecular formula is C20H17N5O3. The molecule has 1 fully saturated rings. The van der Waals surface area contributed by atoms with Crippen molar-refractivity contribution in [1.82, 2.24) is 19.7 Å². The van der Waals surface area contributed by atoms with Crippen molar-refractivity contribution in [2.75, 3.05) is 13.6 Å². The number of hydrogen-bond acceptors (Lipinski definition) is 5. The normalized spacial score (nSPS) is 18.9. The zero-order valence-electron chi connectivity index (χ0n) is 15.1. The standard InChI is InChI=1S/C20H17N5O3/c1-24-10-8-20(28,19(24)27)7-5-13-3-2-4-14(11-13)25-16-6-9-22-12-15(16)17(23-25)18(21)26/h2-4,6,9,11-12,28H,8,10H2,1H3,(H2,21,26)/t20-/m0/s1. The van der Waals surface area contributed by atoms with Gasteiger partial charge in [-0.1, -0.05) is 17.9 Å². The number of amides is 2. The number of aliphatic hydroxyl groups is 1. The molecular weight excluding hydrogens is 358 g/mol. The van der Waals surface area contributed by atoms with E-state index in [0.29, 0.717) is 28.7 Å². The third kappa shape index (κ3) is 2.88. The van der Waals surface area contributed by atoms with Crippen molar-refractivity contribution in [3.05, 3.63) is 54.0 Å². The Labute approximate surface area is 160 Å². The number of aromatic nitrogens is 3. The summed E-state index contributed by atoms with van der Waals surface area (Å²) in [5.74, 6) is 4.53. The Kier molecular flexibility index (Phi) is 4.09. The van der Waals surface area contributed by atoms with Crippen molar-refractivity contribution in [3.8, 4) is 17.5 Å². The Bertz CT molecular complexity index is 1170. The molecule has 0 bridgehead atoms. The molecule has 8 nitrogen and oxygen atoms in total. The molecule has 1 atom stereocenters. The number of nitrogens with zero attached hydrogens (tertiary/aromatic N) is 4. The first kappa shape index (κ1) is 17.7. The number of carbonyl (C=O) groups is 2. The largest absolute Gasteiger partial charge is 0.369 e. The van der Waals surface area contributed by atoms with Crippen LogP contribution in [0.5, 0.6) is 0 Å². The van der Waals surface area contributed by atoms with Gasteiger partial charge in [-0.25, -0.2) is 4.68 Å². The van der Waals surface area contributed by atoms with E-state index in [2.05, 4.69) is 21.9 Å². The Balaban J connectivity index is 1.76. The molecule has 0 radical (unpaired) electrons. The zero-order chi connectivity index (χ0) is 19.9. The third-order valence-electron chi connectivity index (χ3n) is 4.73. The number of likely N-dealkylation sites (N-methyl/N-ethyl adjacent to an activating group) is 1. The number of rotatable bonds is 2. The van der Waals surface area contributed by atoms with Crippen LogP contribution in [0.15, 0.2) is 42.7 Å². The Morgan fingerprint density at radius 3 is 2.89 bits per heavy atom. The maximum atomic E-state index is 12.1. The summed E-state index contributed by atoms with van der Waals surface area (Å²) in [5.41, 5.74) is 5.85. The lowest BCUT2D eigenvalue weighted by molar-refractivity contribution is -0.137. The molecule has 2 amide bonds. The van der Waals surface area contributed by atoms with Gasteiger partial charge in [0.1, 0.15) is 0 Å². The molecule has 0 saturated carbocycles. The van der Waals surface area contributed by atoms with Crippen molar-refractivity contribution in [1.29, 1.82) is 0 Å². The summed E-state index contributed by atoms with van der Waals surface area (Å²) >= 11 is 0. The summed E-state index contributed by atoms with van der Waals surface area (Å²) in [6.07, 6.45) is 3.42. The number of hydrogen-bond donors (Lipinski definition) is 2. The predicted octanol–water partition coefficient (Wildman–Crippen LogP) is 0.464. The first-order valence-corrected chi connectivity index (χ1v) is 8.63. The van der Waals surface area contributed by atoms with E-state index < -0.39 is 17.4 Å². The Morgan fingerprint density at radius 1 is 1.36 bits per heavy atom. The number of primary amides is 1. The maximum Gasteiger partial charge on any atom is 0.269 e. The molecule has 140 valence electrons. The number of benzene rings is 1. The molecule has 0 aliphatic carbocycles. The fourth-order valence-corrected chi connectivity index (χ4v) is 3.20. The summed E-state index contributed by atoms with van der Waals surface area (Å²) < 4.78 is 1.59. The highest BCUT2D eigenvalue weighted by molar-refractivity contribution is 6.04. The summed E-state index contributed by atoms with van der Waals surface area (Å²) in [4.78, 5) is 29.2. The van der Waals surface area contributed by atoms with Gasteiger partial charge in [0.05, 0.1) is 16.6 Å². The van der Waals surface area contributed by atoms with E-state index in [-0.39, 0.29) is 12.1 Å². The average molecular weight is 375 g/mol. The van der Waals surface area contributed by atoms with Crippen molar-refractivity contribution in [2.24, 2.45) is 5.73 Å². The van der Waals surface area contributed by atoms with Gasteiger partial charge >= 0.3 is 0 Å². The average Bonchev–Trinajstić information content (AvgIpc) is 3.21. The highest BCUT2D eigenvalue weighted by atomic mass is 16.3. The van der Waals surface area contributed by atoms with Crippen LogP contribution in [0.1, 0.15) is 22.5 Å². The summed E-state index contributed by atoms with van der Waals surface area (Å²) in [7, 11) is 1.64. The molecule has 0 spiro atoms. The van der Waals surface area contributed by atoms with E-state index in [1.807, 2.05) is 6.07 Å². The maximum absolute atomic E-state index is 12.1. The van der Waals surface area contributed by atoms with E-state index in [1.165, 1.54) is 4.90 Å².